The van der Waals surface area contributed by atoms with Gasteiger partial charge in [-0.05, 0) is 62.7 Å². The number of allylic oxidation sites excluding steroid dienone is 1. The van der Waals surface area contributed by atoms with Crippen LogP contribution in [-0.2, 0) is 6.42 Å². The van der Waals surface area contributed by atoms with Gasteiger partial charge in [-0.25, -0.2) is 0 Å². The molecule has 3 heteroatoms. The van der Waals surface area contributed by atoms with E-state index in [9.17, 15) is 0 Å². The third-order valence-electron chi connectivity index (χ3n) is 3.82. The number of hydrogen-bond donors (Lipinski definition) is 1. The summed E-state index contributed by atoms with van der Waals surface area (Å²) in [4.78, 5) is 2.20. The topological polar surface area (TPSA) is 15.3 Å². The highest BCUT2D eigenvalue weighted by molar-refractivity contribution is 6.83. The lowest BCUT2D eigenvalue weighted by atomic mass is 9.87. The van der Waals surface area contributed by atoms with Crippen LogP contribution in [0.25, 0.3) is 5.47 Å². The van der Waals surface area contributed by atoms with Crippen molar-refractivity contribution in [3.05, 3.63) is 34.3 Å². The van der Waals surface area contributed by atoms with Crippen molar-refractivity contribution in [3.8, 4) is 0 Å². The zero-order valence-corrected chi connectivity index (χ0v) is 11.5. The van der Waals surface area contributed by atoms with Gasteiger partial charge in [-0.1, -0.05) is 5.47 Å². The molecule has 2 aliphatic rings. The first-order valence-electron chi connectivity index (χ1n) is 6.75. The normalized spacial score (nSPS) is 16.2. The first kappa shape index (κ1) is 11.9. The molecule has 0 saturated carbocycles. The maximum Gasteiger partial charge on any atom is 0.184 e. The van der Waals surface area contributed by atoms with Crippen LogP contribution in [0.2, 0.25) is 0 Å². The van der Waals surface area contributed by atoms with Crippen LogP contribution in [0.4, 0.5) is 5.69 Å². The fourth-order valence-corrected chi connectivity index (χ4v) is 2.82. The summed E-state index contributed by atoms with van der Waals surface area (Å²) in [6.45, 7) is 4.31. The molecular formula is C15H20BN2. The molecule has 0 bridgehead atoms. The minimum atomic E-state index is 1.01. The summed E-state index contributed by atoms with van der Waals surface area (Å²) < 4.78 is 0. The van der Waals surface area contributed by atoms with Crippen molar-refractivity contribution in [2.24, 2.45) is 0 Å². The van der Waals surface area contributed by atoms with Gasteiger partial charge in [0.15, 0.2) is 7.28 Å². The number of hydrogen-bond acceptors (Lipinski definition) is 2. The molecule has 0 spiro atoms. The second-order valence-electron chi connectivity index (χ2n) is 5.64. The highest BCUT2D eigenvalue weighted by Gasteiger charge is 2.31. The second kappa shape index (κ2) is 4.47. The minimum Gasteiger partial charge on any atom is -0.384 e. The lowest BCUT2D eigenvalue weighted by molar-refractivity contribution is 0.425. The number of aryl methyl sites for hydroxylation is 2. The molecule has 1 heterocycles. The molecule has 0 amide bonds. The summed E-state index contributed by atoms with van der Waals surface area (Å²) in [5.41, 5.74) is 8.83. The molecule has 0 aromatic heterocycles. The average molecular weight is 239 g/mol. The summed E-state index contributed by atoms with van der Waals surface area (Å²) >= 11 is 0. The first-order chi connectivity index (χ1) is 8.65. The molecule has 3 rings (SSSR count). The Balaban J connectivity index is 1.78. The van der Waals surface area contributed by atoms with Crippen molar-refractivity contribution >= 4 is 18.4 Å². The van der Waals surface area contributed by atoms with E-state index in [1.165, 1.54) is 40.7 Å². The number of likely N-dealkylation sites (N-methyl/N-ethyl adjacent to an activating group) is 1. The summed E-state index contributed by atoms with van der Waals surface area (Å²) in [6.07, 6.45) is 2.44. The number of benzene rings is 1. The average Bonchev–Trinajstić information content (AvgIpc) is 3.06. The lowest BCUT2D eigenvalue weighted by Gasteiger charge is -2.17. The molecule has 0 atom stereocenters. The van der Waals surface area contributed by atoms with Crippen LogP contribution in [0.15, 0.2) is 17.6 Å². The van der Waals surface area contributed by atoms with E-state index in [1.807, 2.05) is 0 Å². The lowest BCUT2D eigenvalue weighted by Crippen LogP contribution is -2.20. The van der Waals surface area contributed by atoms with Gasteiger partial charge in [0.1, 0.15) is 0 Å². The van der Waals surface area contributed by atoms with Crippen molar-refractivity contribution in [3.63, 3.8) is 0 Å². The van der Waals surface area contributed by atoms with E-state index in [4.69, 9.17) is 0 Å². The standard InChI is InChI=1S/C15H20BN2/c1-10-8-12(17-6-7-18(2)3)9-11-4-5-13-15(16-13)14(10)11/h8-9,17H,4-7H2,1-3H3. The molecule has 93 valence electrons. The van der Waals surface area contributed by atoms with E-state index < -0.39 is 0 Å². The van der Waals surface area contributed by atoms with E-state index in [0.717, 1.165) is 13.1 Å². The van der Waals surface area contributed by atoms with E-state index in [2.05, 4.69) is 50.6 Å². The van der Waals surface area contributed by atoms with Crippen LogP contribution in [0, 0.1) is 6.92 Å². The van der Waals surface area contributed by atoms with Gasteiger partial charge in [0.25, 0.3) is 0 Å². The van der Waals surface area contributed by atoms with Crippen LogP contribution in [0.5, 0.6) is 0 Å². The second-order valence-corrected chi connectivity index (χ2v) is 5.64. The molecule has 0 unspecified atom stereocenters. The van der Waals surface area contributed by atoms with Crippen molar-refractivity contribution in [1.82, 2.24) is 4.90 Å². The van der Waals surface area contributed by atoms with Crippen molar-refractivity contribution < 1.29 is 0 Å². The van der Waals surface area contributed by atoms with Gasteiger partial charge in [0, 0.05) is 18.8 Å². The van der Waals surface area contributed by atoms with Gasteiger partial charge >= 0.3 is 0 Å². The van der Waals surface area contributed by atoms with Crippen LogP contribution in [0.1, 0.15) is 23.1 Å². The summed E-state index contributed by atoms with van der Waals surface area (Å²) in [7, 11) is 6.56. The molecule has 0 fully saturated rings. The summed E-state index contributed by atoms with van der Waals surface area (Å²) in [5, 5.41) is 3.53. The molecule has 1 aliphatic heterocycles. The van der Waals surface area contributed by atoms with E-state index in [0.29, 0.717) is 0 Å². The quantitative estimate of drug-likeness (QED) is 0.811. The predicted octanol–water partition coefficient (Wildman–Crippen LogP) is 2.30. The fourth-order valence-electron chi connectivity index (χ4n) is 2.82. The van der Waals surface area contributed by atoms with Gasteiger partial charge in [0.05, 0.1) is 0 Å². The van der Waals surface area contributed by atoms with Crippen LogP contribution < -0.4 is 5.32 Å². The third-order valence-corrected chi connectivity index (χ3v) is 3.82. The highest BCUT2D eigenvalue weighted by atomic mass is 15.1. The van der Waals surface area contributed by atoms with E-state index >= 15 is 0 Å². The molecule has 1 radical (unpaired) electrons. The van der Waals surface area contributed by atoms with Gasteiger partial charge in [-0.2, -0.15) is 0 Å². The zero-order valence-electron chi connectivity index (χ0n) is 11.5. The van der Waals surface area contributed by atoms with Gasteiger partial charge < -0.3 is 10.2 Å². The van der Waals surface area contributed by atoms with Crippen LogP contribution in [0.3, 0.4) is 0 Å². The Morgan fingerprint density at radius 3 is 2.89 bits per heavy atom. The Hall–Kier alpha value is -1.22. The molecule has 1 aliphatic carbocycles. The van der Waals surface area contributed by atoms with Crippen molar-refractivity contribution in [2.75, 3.05) is 32.5 Å². The molecule has 18 heavy (non-hydrogen) atoms. The summed E-state index contributed by atoms with van der Waals surface area (Å²) in [5.74, 6) is 0. The summed E-state index contributed by atoms with van der Waals surface area (Å²) in [6, 6.07) is 4.63. The molecule has 1 N–H and O–H groups in total. The SMILES string of the molecule is Cc1cc(NCCN(C)C)cc2c1C1=C([B]1)CC2. The number of nitrogens with one attached hydrogen (secondary N) is 1. The highest BCUT2D eigenvalue weighted by Crippen LogP contribution is 2.43. The maximum atomic E-state index is 3.53. The van der Waals surface area contributed by atoms with Crippen LogP contribution >= 0.6 is 0 Å². The number of anilines is 1. The maximum absolute atomic E-state index is 3.53. The van der Waals surface area contributed by atoms with Crippen molar-refractivity contribution in [1.29, 1.82) is 0 Å². The molecule has 1 aromatic carbocycles. The van der Waals surface area contributed by atoms with E-state index in [-0.39, 0.29) is 0 Å². The van der Waals surface area contributed by atoms with Crippen LogP contribution in [-0.4, -0.2) is 39.4 Å². The fraction of sp³-hybridized carbons (Fsp3) is 0.467. The Labute approximate surface area is 110 Å². The smallest absolute Gasteiger partial charge is 0.184 e. The predicted molar refractivity (Wildman–Crippen MR) is 79.2 cm³/mol. The Morgan fingerprint density at radius 2 is 2.11 bits per heavy atom. The van der Waals surface area contributed by atoms with Gasteiger partial charge in [0.2, 0.25) is 0 Å². The molecule has 1 aromatic rings. The number of rotatable bonds is 4. The van der Waals surface area contributed by atoms with Gasteiger partial charge in [-0.15, -0.1) is 5.47 Å². The number of fused-ring (bicyclic) bond motifs is 2. The molecular weight excluding hydrogens is 219 g/mol. The first-order valence-corrected chi connectivity index (χ1v) is 6.75. The Bertz CT molecular complexity index is 517. The molecule has 2 nitrogen and oxygen atoms in total. The third kappa shape index (κ3) is 2.19. The zero-order chi connectivity index (χ0) is 12.7. The molecule has 0 saturated heterocycles. The Morgan fingerprint density at radius 1 is 1.28 bits per heavy atom. The Kier molecular flexibility index (Phi) is 2.94. The van der Waals surface area contributed by atoms with E-state index in [1.54, 1.807) is 5.47 Å². The van der Waals surface area contributed by atoms with Gasteiger partial charge in [-0.3, -0.25) is 0 Å². The van der Waals surface area contributed by atoms with Crippen molar-refractivity contribution in [2.45, 2.75) is 19.8 Å². The number of nitrogens with zero attached hydrogens (tertiary/aromatic N) is 1. The largest absolute Gasteiger partial charge is 0.384 e. The minimum absolute atomic E-state index is 1.01. The monoisotopic (exact) mass is 239 g/mol.